The van der Waals surface area contributed by atoms with Crippen molar-refractivity contribution in [3.8, 4) is 11.5 Å². The second kappa shape index (κ2) is 5.53. The molecule has 0 heterocycles. The Bertz CT molecular complexity index is 732. The lowest BCUT2D eigenvalue weighted by atomic mass is 10.1. The molecule has 0 amide bonds. The highest BCUT2D eigenvalue weighted by Crippen LogP contribution is 2.34. The number of nitrogens with zero attached hydrogens (tertiary/aromatic N) is 1. The maximum absolute atomic E-state index is 13.1. The number of nitro groups is 1. The van der Waals surface area contributed by atoms with Gasteiger partial charge in [-0.1, -0.05) is 6.07 Å². The molecule has 0 atom stereocenters. The van der Waals surface area contributed by atoms with Crippen LogP contribution in [-0.2, 0) is 0 Å². The van der Waals surface area contributed by atoms with E-state index in [1.165, 1.54) is 6.07 Å². The molecule has 0 unspecified atom stereocenters. The van der Waals surface area contributed by atoms with E-state index in [0.29, 0.717) is 6.07 Å². The molecule has 21 heavy (non-hydrogen) atoms. The molecule has 0 aliphatic rings. The van der Waals surface area contributed by atoms with Crippen molar-refractivity contribution in [3.63, 3.8) is 0 Å². The van der Waals surface area contributed by atoms with Gasteiger partial charge in [-0.25, -0.2) is 13.6 Å². The molecular formula is C13H7F2NO5. The molecule has 0 radical (unpaired) electrons. The standard InChI is InChI=1S/C13H7F2NO5/c14-9-5-4-7(6-10(9)15)21-11-3-1-2-8(13(17)18)12(11)16(19)20/h1-6H,(H,17,18). The monoisotopic (exact) mass is 295 g/mol. The quantitative estimate of drug-likeness (QED) is 0.690. The van der Waals surface area contributed by atoms with Crippen LogP contribution in [0.3, 0.4) is 0 Å². The second-order valence-electron chi connectivity index (χ2n) is 3.89. The van der Waals surface area contributed by atoms with Crippen LogP contribution in [0, 0.1) is 21.7 Å². The van der Waals surface area contributed by atoms with Gasteiger partial charge in [-0.15, -0.1) is 0 Å². The number of benzene rings is 2. The van der Waals surface area contributed by atoms with Crippen LogP contribution in [-0.4, -0.2) is 16.0 Å². The molecular weight excluding hydrogens is 288 g/mol. The fraction of sp³-hybridized carbons (Fsp3) is 0. The molecule has 8 heteroatoms. The first-order chi connectivity index (χ1) is 9.90. The molecule has 0 aliphatic carbocycles. The van der Waals surface area contributed by atoms with Crippen molar-refractivity contribution in [1.82, 2.24) is 0 Å². The average molecular weight is 295 g/mol. The maximum Gasteiger partial charge on any atom is 0.342 e. The number of rotatable bonds is 4. The summed E-state index contributed by atoms with van der Waals surface area (Å²) in [7, 11) is 0. The lowest BCUT2D eigenvalue weighted by molar-refractivity contribution is -0.386. The number of carboxylic acid groups (broad SMARTS) is 1. The Morgan fingerprint density at radius 3 is 2.48 bits per heavy atom. The highest BCUT2D eigenvalue weighted by atomic mass is 19.2. The fourth-order valence-corrected chi connectivity index (χ4v) is 1.63. The summed E-state index contributed by atoms with van der Waals surface area (Å²) in [4.78, 5) is 21.0. The third kappa shape index (κ3) is 2.94. The Morgan fingerprint density at radius 1 is 1.19 bits per heavy atom. The summed E-state index contributed by atoms with van der Waals surface area (Å²) in [5.41, 5.74) is -1.34. The summed E-state index contributed by atoms with van der Waals surface area (Å²) in [6, 6.07) is 6.00. The van der Waals surface area contributed by atoms with E-state index in [0.717, 1.165) is 24.3 Å². The Morgan fingerprint density at radius 2 is 1.90 bits per heavy atom. The first kappa shape index (κ1) is 14.4. The van der Waals surface area contributed by atoms with Gasteiger partial charge in [-0.05, 0) is 24.3 Å². The summed E-state index contributed by atoms with van der Waals surface area (Å²) >= 11 is 0. The Kier molecular flexibility index (Phi) is 3.79. The molecule has 0 spiro atoms. The van der Waals surface area contributed by atoms with Crippen LogP contribution in [0.2, 0.25) is 0 Å². The predicted molar refractivity (Wildman–Crippen MR) is 66.5 cm³/mol. The van der Waals surface area contributed by atoms with Crippen molar-refractivity contribution < 1.29 is 28.3 Å². The molecule has 2 aromatic carbocycles. The topological polar surface area (TPSA) is 89.7 Å². The lowest BCUT2D eigenvalue weighted by Crippen LogP contribution is -2.04. The smallest absolute Gasteiger partial charge is 0.342 e. The molecule has 6 nitrogen and oxygen atoms in total. The molecule has 0 saturated carbocycles. The minimum atomic E-state index is -1.50. The van der Waals surface area contributed by atoms with Crippen molar-refractivity contribution in [2.75, 3.05) is 0 Å². The van der Waals surface area contributed by atoms with Crippen molar-refractivity contribution in [1.29, 1.82) is 0 Å². The van der Waals surface area contributed by atoms with E-state index >= 15 is 0 Å². The number of carboxylic acids is 1. The molecule has 0 fully saturated rings. The van der Waals surface area contributed by atoms with E-state index in [2.05, 4.69) is 0 Å². The summed E-state index contributed by atoms with van der Waals surface area (Å²) in [5, 5.41) is 19.9. The molecule has 108 valence electrons. The minimum absolute atomic E-state index is 0.195. The highest BCUT2D eigenvalue weighted by Gasteiger charge is 2.25. The van der Waals surface area contributed by atoms with Crippen LogP contribution in [0.1, 0.15) is 10.4 Å². The first-order valence-electron chi connectivity index (χ1n) is 5.53. The van der Waals surface area contributed by atoms with Crippen LogP contribution >= 0.6 is 0 Å². The molecule has 0 aliphatic heterocycles. The van der Waals surface area contributed by atoms with E-state index in [1.54, 1.807) is 0 Å². The van der Waals surface area contributed by atoms with Crippen LogP contribution in [0.5, 0.6) is 11.5 Å². The summed E-state index contributed by atoms with van der Waals surface area (Å²) in [6.07, 6.45) is 0. The minimum Gasteiger partial charge on any atom is -0.477 e. The van der Waals surface area contributed by atoms with Gasteiger partial charge >= 0.3 is 11.7 Å². The lowest BCUT2D eigenvalue weighted by Gasteiger charge is -2.08. The normalized spacial score (nSPS) is 10.2. The van der Waals surface area contributed by atoms with E-state index in [-0.39, 0.29) is 11.5 Å². The average Bonchev–Trinajstić information content (AvgIpc) is 2.42. The number of halogens is 2. The summed E-state index contributed by atoms with van der Waals surface area (Å²) in [5.74, 6) is -4.37. The van der Waals surface area contributed by atoms with Gasteiger partial charge < -0.3 is 9.84 Å². The van der Waals surface area contributed by atoms with Crippen molar-refractivity contribution in [2.24, 2.45) is 0 Å². The van der Waals surface area contributed by atoms with Gasteiger partial charge in [0.1, 0.15) is 11.3 Å². The molecule has 1 N–H and O–H groups in total. The van der Waals surface area contributed by atoms with Crippen LogP contribution in [0.15, 0.2) is 36.4 Å². The largest absolute Gasteiger partial charge is 0.477 e. The first-order valence-corrected chi connectivity index (χ1v) is 5.53. The predicted octanol–water partition coefficient (Wildman–Crippen LogP) is 3.36. The molecule has 0 bridgehead atoms. The van der Waals surface area contributed by atoms with E-state index in [1.807, 2.05) is 0 Å². The second-order valence-corrected chi connectivity index (χ2v) is 3.89. The van der Waals surface area contributed by atoms with Gasteiger partial charge in [0, 0.05) is 6.07 Å². The number of hydrogen-bond acceptors (Lipinski definition) is 4. The van der Waals surface area contributed by atoms with Gasteiger partial charge in [-0.3, -0.25) is 10.1 Å². The third-order valence-electron chi connectivity index (χ3n) is 2.53. The maximum atomic E-state index is 13.1. The van der Waals surface area contributed by atoms with Gasteiger partial charge in [0.2, 0.25) is 5.75 Å². The number of hydrogen-bond donors (Lipinski definition) is 1. The zero-order valence-electron chi connectivity index (χ0n) is 10.2. The number of para-hydroxylation sites is 1. The van der Waals surface area contributed by atoms with Crippen LogP contribution < -0.4 is 4.74 Å². The molecule has 0 saturated heterocycles. The van der Waals surface area contributed by atoms with Crippen molar-refractivity contribution >= 4 is 11.7 Å². The van der Waals surface area contributed by atoms with E-state index in [4.69, 9.17) is 9.84 Å². The highest BCUT2D eigenvalue weighted by molar-refractivity contribution is 5.93. The van der Waals surface area contributed by atoms with Gasteiger partial charge in [-0.2, -0.15) is 0 Å². The Balaban J connectivity index is 2.48. The summed E-state index contributed by atoms with van der Waals surface area (Å²) in [6.45, 7) is 0. The van der Waals surface area contributed by atoms with Gasteiger partial charge in [0.05, 0.1) is 4.92 Å². The molecule has 2 rings (SSSR count). The van der Waals surface area contributed by atoms with Crippen molar-refractivity contribution in [2.45, 2.75) is 0 Å². The number of nitro benzene ring substituents is 1. The SMILES string of the molecule is O=C(O)c1cccc(Oc2ccc(F)c(F)c2)c1[N+](=O)[O-]. The number of aromatic carboxylic acids is 1. The van der Waals surface area contributed by atoms with Crippen LogP contribution in [0.25, 0.3) is 0 Å². The molecule has 0 aromatic heterocycles. The third-order valence-corrected chi connectivity index (χ3v) is 2.53. The van der Waals surface area contributed by atoms with Crippen molar-refractivity contribution in [3.05, 3.63) is 63.7 Å². The zero-order chi connectivity index (χ0) is 15.6. The molecule has 2 aromatic rings. The van der Waals surface area contributed by atoms with Crippen LogP contribution in [0.4, 0.5) is 14.5 Å². The Hall–Kier alpha value is -3.03. The Labute approximate surface area is 116 Å². The fourth-order valence-electron chi connectivity index (χ4n) is 1.63. The zero-order valence-corrected chi connectivity index (χ0v) is 10.2. The van der Waals surface area contributed by atoms with Gasteiger partial charge in [0.25, 0.3) is 0 Å². The van der Waals surface area contributed by atoms with E-state index in [9.17, 15) is 23.7 Å². The van der Waals surface area contributed by atoms with E-state index < -0.39 is 33.8 Å². The number of carbonyl (C=O) groups is 1. The summed E-state index contributed by atoms with van der Waals surface area (Å²) < 4.78 is 30.9. The van der Waals surface area contributed by atoms with Gasteiger partial charge in [0.15, 0.2) is 11.6 Å². The number of ether oxygens (including phenoxy) is 1.